The molecule has 1 aromatic carbocycles. The molecule has 2 aliphatic rings. The second kappa shape index (κ2) is 5.10. The molecule has 1 aliphatic carbocycles. The van der Waals surface area contributed by atoms with Gasteiger partial charge >= 0.3 is 0 Å². The van der Waals surface area contributed by atoms with Crippen LogP contribution in [0.4, 0.5) is 0 Å². The minimum absolute atomic E-state index is 0.188. The summed E-state index contributed by atoms with van der Waals surface area (Å²) in [7, 11) is 0. The average Bonchev–Trinajstić information content (AvgIpc) is 3.14. The van der Waals surface area contributed by atoms with E-state index in [0.29, 0.717) is 6.10 Å². The number of hydrogen-bond acceptors (Lipinski definition) is 2. The third kappa shape index (κ3) is 2.45. The topological polar surface area (TPSA) is 35.2 Å². The highest BCUT2D eigenvalue weighted by Gasteiger charge is 2.49. The molecule has 1 heterocycles. The van der Waals surface area contributed by atoms with Gasteiger partial charge in [0, 0.05) is 22.1 Å². The zero-order chi connectivity index (χ0) is 12.6. The minimum atomic E-state index is 0.188. The molecule has 0 aromatic heterocycles. The van der Waals surface area contributed by atoms with Crippen LogP contribution in [0.3, 0.4) is 0 Å². The van der Waals surface area contributed by atoms with Crippen molar-refractivity contribution in [3.05, 3.63) is 33.4 Å². The molecule has 1 aliphatic heterocycles. The highest BCUT2D eigenvalue weighted by molar-refractivity contribution is 14.1. The molecule has 2 atom stereocenters. The van der Waals surface area contributed by atoms with Crippen molar-refractivity contribution < 1.29 is 4.74 Å². The average molecular weight is 357 g/mol. The van der Waals surface area contributed by atoms with Crippen molar-refractivity contribution in [2.24, 2.45) is 17.1 Å². The Bertz CT molecular complexity index is 415. The monoisotopic (exact) mass is 357 g/mol. The van der Waals surface area contributed by atoms with Crippen LogP contribution in [0.25, 0.3) is 0 Å². The number of halogens is 1. The van der Waals surface area contributed by atoms with Crippen molar-refractivity contribution in [3.63, 3.8) is 0 Å². The van der Waals surface area contributed by atoms with Crippen LogP contribution in [0, 0.1) is 14.9 Å². The standard InChI is InChI=1S/C15H20INO/c16-13-5-1-11(2-6-13)9-15(10-17)7-8-18-14(15)12-3-4-12/h1-2,5-6,12,14H,3-4,7-10,17H2. The molecule has 2 unspecified atom stereocenters. The Hall–Kier alpha value is -0.130. The Morgan fingerprint density at radius 2 is 2.00 bits per heavy atom. The summed E-state index contributed by atoms with van der Waals surface area (Å²) in [6.45, 7) is 1.64. The van der Waals surface area contributed by atoms with Gasteiger partial charge in [0.2, 0.25) is 0 Å². The summed E-state index contributed by atoms with van der Waals surface area (Å²) >= 11 is 2.35. The van der Waals surface area contributed by atoms with E-state index in [-0.39, 0.29) is 5.41 Å². The van der Waals surface area contributed by atoms with Gasteiger partial charge < -0.3 is 10.5 Å². The fraction of sp³-hybridized carbons (Fsp3) is 0.600. The molecule has 98 valence electrons. The summed E-state index contributed by atoms with van der Waals surface area (Å²) < 4.78 is 7.29. The van der Waals surface area contributed by atoms with Gasteiger partial charge in [0.1, 0.15) is 0 Å². The van der Waals surface area contributed by atoms with E-state index in [1.54, 1.807) is 0 Å². The van der Waals surface area contributed by atoms with Gasteiger partial charge in [0.25, 0.3) is 0 Å². The first-order valence-electron chi connectivity index (χ1n) is 6.80. The van der Waals surface area contributed by atoms with E-state index < -0.39 is 0 Å². The summed E-state index contributed by atoms with van der Waals surface area (Å²) in [5.41, 5.74) is 7.71. The quantitative estimate of drug-likeness (QED) is 0.841. The number of ether oxygens (including phenoxy) is 1. The van der Waals surface area contributed by atoms with E-state index >= 15 is 0 Å². The maximum absolute atomic E-state index is 6.12. The Morgan fingerprint density at radius 1 is 1.28 bits per heavy atom. The predicted molar refractivity (Wildman–Crippen MR) is 81.4 cm³/mol. The van der Waals surface area contributed by atoms with Crippen molar-refractivity contribution in [1.29, 1.82) is 0 Å². The smallest absolute Gasteiger partial charge is 0.0675 e. The van der Waals surface area contributed by atoms with E-state index in [4.69, 9.17) is 10.5 Å². The zero-order valence-electron chi connectivity index (χ0n) is 10.6. The van der Waals surface area contributed by atoms with Crippen LogP contribution < -0.4 is 5.73 Å². The summed E-state index contributed by atoms with van der Waals surface area (Å²) in [5.74, 6) is 0.778. The zero-order valence-corrected chi connectivity index (χ0v) is 12.7. The first-order chi connectivity index (χ1) is 8.73. The fourth-order valence-electron chi connectivity index (χ4n) is 3.23. The number of rotatable bonds is 4. The second-order valence-electron chi connectivity index (χ2n) is 5.75. The summed E-state index contributed by atoms with van der Waals surface area (Å²) in [4.78, 5) is 0. The second-order valence-corrected chi connectivity index (χ2v) is 6.99. The van der Waals surface area contributed by atoms with Crippen LogP contribution in [-0.4, -0.2) is 19.3 Å². The first-order valence-corrected chi connectivity index (χ1v) is 7.87. The molecule has 18 heavy (non-hydrogen) atoms. The molecule has 0 amide bonds. The van der Waals surface area contributed by atoms with Crippen LogP contribution in [0.15, 0.2) is 24.3 Å². The Balaban J connectivity index is 1.80. The molecular weight excluding hydrogens is 337 g/mol. The van der Waals surface area contributed by atoms with E-state index in [9.17, 15) is 0 Å². The Morgan fingerprint density at radius 3 is 2.61 bits per heavy atom. The molecule has 0 radical (unpaired) electrons. The molecule has 3 rings (SSSR count). The molecule has 1 saturated heterocycles. The van der Waals surface area contributed by atoms with Crippen LogP contribution in [0.2, 0.25) is 0 Å². The van der Waals surface area contributed by atoms with Crippen molar-refractivity contribution in [1.82, 2.24) is 0 Å². The molecule has 0 bridgehead atoms. The molecule has 2 N–H and O–H groups in total. The highest BCUT2D eigenvalue weighted by atomic mass is 127. The fourth-order valence-corrected chi connectivity index (χ4v) is 3.59. The summed E-state index contributed by atoms with van der Waals surface area (Å²) in [6.07, 6.45) is 5.26. The number of benzene rings is 1. The SMILES string of the molecule is NCC1(Cc2ccc(I)cc2)CCOC1C1CC1. The highest BCUT2D eigenvalue weighted by Crippen LogP contribution is 2.48. The number of nitrogens with two attached hydrogens (primary N) is 1. The third-order valence-electron chi connectivity index (χ3n) is 4.43. The van der Waals surface area contributed by atoms with Crippen LogP contribution in [0.1, 0.15) is 24.8 Å². The maximum Gasteiger partial charge on any atom is 0.0675 e. The number of hydrogen-bond donors (Lipinski definition) is 1. The van der Waals surface area contributed by atoms with Gasteiger partial charge in [-0.15, -0.1) is 0 Å². The van der Waals surface area contributed by atoms with Crippen molar-refractivity contribution in [2.45, 2.75) is 31.8 Å². The van der Waals surface area contributed by atoms with Crippen molar-refractivity contribution in [3.8, 4) is 0 Å². The molecule has 2 fully saturated rings. The van der Waals surface area contributed by atoms with Gasteiger partial charge in [-0.2, -0.15) is 0 Å². The van der Waals surface area contributed by atoms with Crippen LogP contribution in [-0.2, 0) is 11.2 Å². The van der Waals surface area contributed by atoms with Gasteiger partial charge in [-0.05, 0) is 71.9 Å². The maximum atomic E-state index is 6.12. The first kappa shape index (κ1) is 12.9. The van der Waals surface area contributed by atoms with Crippen LogP contribution >= 0.6 is 22.6 Å². The van der Waals surface area contributed by atoms with E-state index in [1.165, 1.54) is 22.0 Å². The van der Waals surface area contributed by atoms with Gasteiger partial charge in [-0.3, -0.25) is 0 Å². The molecule has 2 nitrogen and oxygen atoms in total. The van der Waals surface area contributed by atoms with E-state index in [2.05, 4.69) is 46.9 Å². The Labute approximate surface area is 122 Å². The van der Waals surface area contributed by atoms with Gasteiger partial charge in [-0.25, -0.2) is 0 Å². The lowest BCUT2D eigenvalue weighted by molar-refractivity contribution is 0.0345. The van der Waals surface area contributed by atoms with Gasteiger partial charge in [0.15, 0.2) is 0 Å². The molecular formula is C15H20INO. The van der Waals surface area contributed by atoms with E-state index in [0.717, 1.165) is 31.9 Å². The van der Waals surface area contributed by atoms with E-state index in [1.807, 2.05) is 0 Å². The van der Waals surface area contributed by atoms with Crippen molar-refractivity contribution in [2.75, 3.05) is 13.2 Å². The van der Waals surface area contributed by atoms with Gasteiger partial charge in [0.05, 0.1) is 6.10 Å². The van der Waals surface area contributed by atoms with Crippen LogP contribution in [0.5, 0.6) is 0 Å². The Kier molecular flexibility index (Phi) is 3.65. The molecule has 3 heteroatoms. The lowest BCUT2D eigenvalue weighted by Crippen LogP contribution is -2.41. The minimum Gasteiger partial charge on any atom is -0.377 e. The molecule has 1 aromatic rings. The van der Waals surface area contributed by atoms with Gasteiger partial charge in [-0.1, -0.05) is 12.1 Å². The lowest BCUT2D eigenvalue weighted by Gasteiger charge is -2.33. The summed E-state index contributed by atoms with van der Waals surface area (Å²) in [6, 6.07) is 8.84. The third-order valence-corrected chi connectivity index (χ3v) is 5.15. The predicted octanol–water partition coefficient (Wildman–Crippen LogP) is 2.98. The molecule has 1 saturated carbocycles. The van der Waals surface area contributed by atoms with Crippen molar-refractivity contribution >= 4 is 22.6 Å². The molecule has 0 spiro atoms. The largest absolute Gasteiger partial charge is 0.377 e. The lowest BCUT2D eigenvalue weighted by atomic mass is 9.74. The summed E-state index contributed by atoms with van der Waals surface area (Å²) in [5, 5.41) is 0. The normalized spacial score (nSPS) is 31.8.